The van der Waals surface area contributed by atoms with Crippen LogP contribution in [0.1, 0.15) is 43.6 Å². The topological polar surface area (TPSA) is 81.1 Å². The van der Waals surface area contributed by atoms with Crippen LogP contribution in [-0.4, -0.2) is 24.1 Å². The van der Waals surface area contributed by atoms with Gasteiger partial charge in [0.2, 0.25) is 5.95 Å². The second kappa shape index (κ2) is 4.77. The molecule has 0 amide bonds. The van der Waals surface area contributed by atoms with Crippen molar-refractivity contribution in [3.63, 3.8) is 0 Å². The summed E-state index contributed by atoms with van der Waals surface area (Å²) in [5.41, 5.74) is 12.8. The molecule has 4 N–H and O–H groups in total. The Balaban J connectivity index is 2.42. The molecule has 2 rings (SSSR count). The van der Waals surface area contributed by atoms with E-state index in [9.17, 15) is 0 Å². The Morgan fingerprint density at radius 1 is 1.06 bits per heavy atom. The van der Waals surface area contributed by atoms with Crippen molar-refractivity contribution in [2.75, 3.05) is 30.5 Å². The first-order chi connectivity index (χ1) is 8.09. The van der Waals surface area contributed by atoms with Gasteiger partial charge < -0.3 is 16.4 Å². The van der Waals surface area contributed by atoms with Crippen molar-refractivity contribution in [2.45, 2.75) is 38.0 Å². The monoisotopic (exact) mass is 235 g/mol. The first-order valence-corrected chi connectivity index (χ1v) is 6.19. The van der Waals surface area contributed by atoms with E-state index in [0.717, 1.165) is 11.4 Å². The third kappa shape index (κ3) is 2.43. The lowest BCUT2D eigenvalue weighted by Gasteiger charge is -2.26. The molecule has 0 atom stereocenters. The fraction of sp³-hybridized carbons (Fsp3) is 0.667. The average molecular weight is 235 g/mol. The number of nitrogens with two attached hydrogens (primary N) is 2. The minimum atomic E-state index is 0.255. The minimum Gasteiger partial charge on any atom is -0.383 e. The first-order valence-electron chi connectivity index (χ1n) is 6.19. The van der Waals surface area contributed by atoms with Crippen LogP contribution in [0.4, 0.5) is 17.6 Å². The molecule has 1 aliphatic carbocycles. The average Bonchev–Trinajstić information content (AvgIpc) is 2.29. The molecule has 0 spiro atoms. The van der Waals surface area contributed by atoms with E-state index >= 15 is 0 Å². The number of anilines is 3. The van der Waals surface area contributed by atoms with Crippen molar-refractivity contribution in [1.29, 1.82) is 0 Å². The van der Waals surface area contributed by atoms with E-state index in [1.54, 1.807) is 0 Å². The summed E-state index contributed by atoms with van der Waals surface area (Å²) in [4.78, 5) is 10.4. The highest BCUT2D eigenvalue weighted by atomic mass is 15.2. The first kappa shape index (κ1) is 12.0. The highest BCUT2D eigenvalue weighted by Gasteiger charge is 2.24. The fourth-order valence-electron chi connectivity index (χ4n) is 2.62. The Labute approximate surface area is 102 Å². The number of rotatable bonds is 2. The van der Waals surface area contributed by atoms with Gasteiger partial charge in [0.05, 0.1) is 0 Å². The molecule has 0 unspecified atom stereocenters. The predicted molar refractivity (Wildman–Crippen MR) is 71.0 cm³/mol. The van der Waals surface area contributed by atoms with E-state index < -0.39 is 0 Å². The van der Waals surface area contributed by atoms with Crippen molar-refractivity contribution in [2.24, 2.45) is 0 Å². The fourth-order valence-corrected chi connectivity index (χ4v) is 2.62. The van der Waals surface area contributed by atoms with Crippen molar-refractivity contribution < 1.29 is 0 Å². The summed E-state index contributed by atoms with van der Waals surface area (Å²) >= 11 is 0. The highest BCUT2D eigenvalue weighted by molar-refractivity contribution is 5.60. The summed E-state index contributed by atoms with van der Waals surface area (Å²) in [5, 5.41) is 0. The molecule has 5 nitrogen and oxygen atoms in total. The van der Waals surface area contributed by atoms with Crippen LogP contribution in [0.5, 0.6) is 0 Å². The van der Waals surface area contributed by atoms with Gasteiger partial charge in [-0.15, -0.1) is 0 Å². The van der Waals surface area contributed by atoms with Crippen LogP contribution in [-0.2, 0) is 0 Å². The third-order valence-corrected chi connectivity index (χ3v) is 3.41. The Kier molecular flexibility index (Phi) is 3.36. The Morgan fingerprint density at radius 2 is 1.71 bits per heavy atom. The summed E-state index contributed by atoms with van der Waals surface area (Å²) < 4.78 is 0. The van der Waals surface area contributed by atoms with Crippen molar-refractivity contribution in [1.82, 2.24) is 9.97 Å². The number of nitrogen functional groups attached to an aromatic ring is 2. The van der Waals surface area contributed by atoms with Gasteiger partial charge in [-0.1, -0.05) is 19.3 Å². The molecule has 17 heavy (non-hydrogen) atoms. The molecular formula is C12H21N5. The van der Waals surface area contributed by atoms with Crippen LogP contribution in [0.25, 0.3) is 0 Å². The van der Waals surface area contributed by atoms with Crippen molar-refractivity contribution in [3.05, 3.63) is 5.56 Å². The summed E-state index contributed by atoms with van der Waals surface area (Å²) in [6.45, 7) is 0. The maximum absolute atomic E-state index is 6.03. The number of hydrogen-bond acceptors (Lipinski definition) is 5. The van der Waals surface area contributed by atoms with Gasteiger partial charge in [0.1, 0.15) is 11.6 Å². The molecule has 0 bridgehead atoms. The summed E-state index contributed by atoms with van der Waals surface area (Å²) in [6.07, 6.45) is 6.21. The van der Waals surface area contributed by atoms with Crippen molar-refractivity contribution in [3.8, 4) is 0 Å². The molecule has 1 aromatic heterocycles. The van der Waals surface area contributed by atoms with Crippen LogP contribution in [0, 0.1) is 0 Å². The Hall–Kier alpha value is -1.52. The summed E-state index contributed by atoms with van der Waals surface area (Å²) in [7, 11) is 3.93. The minimum absolute atomic E-state index is 0.255. The maximum Gasteiger partial charge on any atom is 0.223 e. The smallest absolute Gasteiger partial charge is 0.223 e. The molecule has 0 aliphatic heterocycles. The van der Waals surface area contributed by atoms with Gasteiger partial charge in [0, 0.05) is 19.7 Å². The number of nitrogens with zero attached hydrogens (tertiary/aromatic N) is 3. The number of aromatic nitrogens is 2. The molecular weight excluding hydrogens is 214 g/mol. The standard InChI is InChI=1S/C12H21N5/c1-17(2)11-9(8-6-4-3-5-7-8)10(13)15-12(14)16-11/h8H,3-7H2,1-2H3,(H4,13,14,15,16). The summed E-state index contributed by atoms with van der Waals surface area (Å²) in [5.74, 6) is 2.17. The Bertz CT molecular complexity index is 396. The second-order valence-electron chi connectivity index (χ2n) is 4.93. The zero-order valence-electron chi connectivity index (χ0n) is 10.6. The van der Waals surface area contributed by atoms with E-state index in [1.165, 1.54) is 32.1 Å². The van der Waals surface area contributed by atoms with E-state index in [2.05, 4.69) is 9.97 Å². The van der Waals surface area contributed by atoms with Crippen LogP contribution in [0.2, 0.25) is 0 Å². The third-order valence-electron chi connectivity index (χ3n) is 3.41. The molecule has 0 aromatic carbocycles. The van der Waals surface area contributed by atoms with Gasteiger partial charge in [-0.05, 0) is 18.8 Å². The number of hydrogen-bond donors (Lipinski definition) is 2. The predicted octanol–water partition coefficient (Wildman–Crippen LogP) is 1.75. The van der Waals surface area contributed by atoms with Gasteiger partial charge in [-0.25, -0.2) is 0 Å². The highest BCUT2D eigenvalue weighted by Crippen LogP contribution is 2.39. The normalized spacial score (nSPS) is 17.1. The molecule has 1 aliphatic rings. The van der Waals surface area contributed by atoms with Gasteiger partial charge in [-0.2, -0.15) is 9.97 Å². The molecule has 1 aromatic rings. The van der Waals surface area contributed by atoms with Crippen LogP contribution in [0.3, 0.4) is 0 Å². The van der Waals surface area contributed by atoms with E-state index in [4.69, 9.17) is 11.5 Å². The van der Waals surface area contributed by atoms with Gasteiger partial charge in [0.15, 0.2) is 0 Å². The molecule has 0 saturated heterocycles. The maximum atomic E-state index is 6.03. The van der Waals surface area contributed by atoms with E-state index in [0.29, 0.717) is 11.7 Å². The lowest BCUT2D eigenvalue weighted by atomic mass is 9.84. The molecule has 94 valence electrons. The quantitative estimate of drug-likeness (QED) is 0.816. The lowest BCUT2D eigenvalue weighted by molar-refractivity contribution is 0.443. The van der Waals surface area contributed by atoms with Crippen LogP contribution >= 0.6 is 0 Å². The molecule has 0 radical (unpaired) electrons. The SMILES string of the molecule is CN(C)c1nc(N)nc(N)c1C1CCCCC1. The zero-order valence-corrected chi connectivity index (χ0v) is 10.6. The van der Waals surface area contributed by atoms with E-state index in [1.807, 2.05) is 19.0 Å². The largest absolute Gasteiger partial charge is 0.383 e. The molecule has 1 heterocycles. The molecule has 5 heteroatoms. The van der Waals surface area contributed by atoms with Gasteiger partial charge in [0.25, 0.3) is 0 Å². The van der Waals surface area contributed by atoms with Crippen LogP contribution < -0.4 is 16.4 Å². The van der Waals surface area contributed by atoms with Gasteiger partial charge >= 0.3 is 0 Å². The Morgan fingerprint density at radius 3 is 2.29 bits per heavy atom. The second-order valence-corrected chi connectivity index (χ2v) is 4.93. The lowest BCUT2D eigenvalue weighted by Crippen LogP contribution is -2.20. The molecule has 1 saturated carbocycles. The van der Waals surface area contributed by atoms with Crippen molar-refractivity contribution >= 4 is 17.6 Å². The van der Waals surface area contributed by atoms with Crippen LogP contribution in [0.15, 0.2) is 0 Å². The van der Waals surface area contributed by atoms with Gasteiger partial charge in [-0.3, -0.25) is 0 Å². The van der Waals surface area contributed by atoms with E-state index in [-0.39, 0.29) is 5.95 Å². The summed E-state index contributed by atoms with van der Waals surface area (Å²) in [6, 6.07) is 0. The molecule has 1 fully saturated rings. The zero-order chi connectivity index (χ0) is 12.4.